The van der Waals surface area contributed by atoms with Crippen molar-refractivity contribution in [2.75, 3.05) is 0 Å². The van der Waals surface area contributed by atoms with Crippen molar-refractivity contribution in [1.82, 2.24) is 4.57 Å². The summed E-state index contributed by atoms with van der Waals surface area (Å²) in [6.07, 6.45) is 0. The van der Waals surface area contributed by atoms with Crippen LogP contribution >= 0.6 is 11.8 Å². The molecule has 4 heterocycles. The van der Waals surface area contributed by atoms with Crippen LogP contribution in [0, 0.1) is 0 Å². The molecule has 2 atom stereocenters. The van der Waals surface area contributed by atoms with Gasteiger partial charge >= 0.3 is 0 Å². The summed E-state index contributed by atoms with van der Waals surface area (Å²) in [7, 11) is 0. The number of fused-ring (bicyclic) bond motifs is 11. The van der Waals surface area contributed by atoms with Gasteiger partial charge in [-0.15, -0.1) is 11.8 Å². The van der Waals surface area contributed by atoms with Crippen LogP contribution in [0.1, 0.15) is 22.7 Å². The number of thioether (sulfide) groups is 1. The zero-order chi connectivity index (χ0) is 36.0. The summed E-state index contributed by atoms with van der Waals surface area (Å²) in [5.41, 5.74) is 11.9. The van der Waals surface area contributed by atoms with E-state index in [0.29, 0.717) is 0 Å². The Morgan fingerprint density at radius 3 is 2.20 bits per heavy atom. The lowest BCUT2D eigenvalue weighted by atomic mass is 9.95. The van der Waals surface area contributed by atoms with E-state index in [1.54, 1.807) is 0 Å². The van der Waals surface area contributed by atoms with Gasteiger partial charge in [-0.05, 0) is 75.5 Å². The summed E-state index contributed by atoms with van der Waals surface area (Å²) in [6.45, 7) is 0. The molecule has 0 amide bonds. The second-order valence-electron chi connectivity index (χ2n) is 14.4. The normalized spacial score (nSPS) is 16.5. The fourth-order valence-corrected chi connectivity index (χ4v) is 10.3. The highest BCUT2D eigenvalue weighted by atomic mass is 32.2. The van der Waals surface area contributed by atoms with Crippen molar-refractivity contribution in [2.24, 2.45) is 9.98 Å². The molecule has 2 unspecified atom stereocenters. The van der Waals surface area contributed by atoms with Crippen LogP contribution in [0.2, 0.25) is 0 Å². The summed E-state index contributed by atoms with van der Waals surface area (Å²) < 4.78 is 9.11. The van der Waals surface area contributed by atoms with Crippen LogP contribution in [-0.4, -0.2) is 21.4 Å². The van der Waals surface area contributed by atoms with E-state index in [4.69, 9.17) is 14.4 Å². The van der Waals surface area contributed by atoms with Crippen molar-refractivity contribution < 1.29 is 4.42 Å². The third-order valence-corrected chi connectivity index (χ3v) is 12.7. The predicted octanol–water partition coefficient (Wildman–Crippen LogP) is 13.0. The number of aromatic nitrogens is 1. The van der Waals surface area contributed by atoms with E-state index in [1.807, 2.05) is 11.8 Å². The summed E-state index contributed by atoms with van der Waals surface area (Å²) in [5.74, 6) is 0.748. The Hall–Kier alpha value is -6.69. The van der Waals surface area contributed by atoms with Crippen molar-refractivity contribution in [1.29, 1.82) is 0 Å². The maximum Gasteiger partial charge on any atom is 0.156 e. The van der Waals surface area contributed by atoms with Crippen LogP contribution in [0.3, 0.4) is 0 Å². The van der Waals surface area contributed by atoms with Crippen LogP contribution in [0.25, 0.3) is 71.3 Å². The zero-order valence-electron chi connectivity index (χ0n) is 29.6. The van der Waals surface area contributed by atoms with Gasteiger partial charge in [0.25, 0.3) is 0 Å². The Morgan fingerprint density at radius 1 is 0.527 bits per heavy atom. The van der Waals surface area contributed by atoms with Crippen LogP contribution in [-0.2, 0) is 0 Å². The van der Waals surface area contributed by atoms with Gasteiger partial charge in [-0.1, -0.05) is 127 Å². The molecule has 2 aliphatic rings. The second kappa shape index (κ2) is 11.9. The van der Waals surface area contributed by atoms with Gasteiger partial charge in [0.15, 0.2) is 5.84 Å². The van der Waals surface area contributed by atoms with Gasteiger partial charge in [0, 0.05) is 43.8 Å². The lowest BCUT2D eigenvalue weighted by Gasteiger charge is -2.24. The smallest absolute Gasteiger partial charge is 0.156 e. The molecule has 0 saturated heterocycles. The van der Waals surface area contributed by atoms with Crippen LogP contribution in [0.15, 0.2) is 195 Å². The molecule has 5 heteroatoms. The minimum atomic E-state index is -0.0160. The fraction of sp³-hybridized carbons (Fsp3) is 0.0400. The Balaban J connectivity index is 1.05. The van der Waals surface area contributed by atoms with E-state index in [2.05, 4.69) is 180 Å². The molecule has 0 spiro atoms. The van der Waals surface area contributed by atoms with E-state index in [-0.39, 0.29) is 11.3 Å². The maximum absolute atomic E-state index is 6.73. The predicted molar refractivity (Wildman–Crippen MR) is 229 cm³/mol. The van der Waals surface area contributed by atoms with Crippen LogP contribution < -0.4 is 0 Å². The fourth-order valence-electron chi connectivity index (χ4n) is 8.86. The van der Waals surface area contributed by atoms with Gasteiger partial charge in [-0.25, -0.2) is 4.99 Å². The number of amidine groups is 1. The molecule has 2 aromatic heterocycles. The minimum Gasteiger partial charge on any atom is -0.456 e. The van der Waals surface area contributed by atoms with Crippen LogP contribution in [0.5, 0.6) is 0 Å². The first kappa shape index (κ1) is 30.7. The molecule has 10 aromatic rings. The number of hydrogen-bond donors (Lipinski definition) is 0. The minimum absolute atomic E-state index is 0.0160. The molecule has 0 N–H and O–H groups in total. The van der Waals surface area contributed by atoms with Gasteiger partial charge in [-0.2, -0.15) is 0 Å². The van der Waals surface area contributed by atoms with E-state index in [0.717, 1.165) is 55.8 Å². The molecular weight excluding hydrogens is 691 g/mol. The summed E-state index contributed by atoms with van der Waals surface area (Å²) >= 11 is 1.87. The molecule has 4 nitrogen and oxygen atoms in total. The first-order valence-electron chi connectivity index (χ1n) is 18.7. The summed E-state index contributed by atoms with van der Waals surface area (Å²) in [4.78, 5) is 12.1. The van der Waals surface area contributed by atoms with Gasteiger partial charge in [0.2, 0.25) is 0 Å². The average molecular weight is 722 g/mol. The molecular formula is C50H31N3OS. The van der Waals surface area contributed by atoms with E-state index >= 15 is 0 Å². The molecule has 55 heavy (non-hydrogen) atoms. The van der Waals surface area contributed by atoms with Crippen molar-refractivity contribution in [2.45, 2.75) is 16.2 Å². The van der Waals surface area contributed by atoms with E-state index in [9.17, 15) is 0 Å². The summed E-state index contributed by atoms with van der Waals surface area (Å²) in [5, 5.41) is 7.18. The Labute approximate surface area is 321 Å². The summed E-state index contributed by atoms with van der Waals surface area (Å²) in [6, 6.07) is 62.8. The van der Waals surface area contributed by atoms with Crippen molar-refractivity contribution >= 4 is 77.8 Å². The van der Waals surface area contributed by atoms with Crippen molar-refractivity contribution in [3.63, 3.8) is 0 Å². The van der Waals surface area contributed by atoms with E-state index in [1.165, 1.54) is 48.6 Å². The van der Waals surface area contributed by atoms with Gasteiger partial charge in [-0.3, -0.25) is 4.99 Å². The number of hydrogen-bond acceptors (Lipinski definition) is 4. The maximum atomic E-state index is 6.73. The number of benzene rings is 8. The highest BCUT2D eigenvalue weighted by Crippen LogP contribution is 2.50. The first-order valence-corrected chi connectivity index (χ1v) is 19.6. The van der Waals surface area contributed by atoms with Gasteiger partial charge in [0.1, 0.15) is 11.2 Å². The lowest BCUT2D eigenvalue weighted by molar-refractivity contribution is 0.668. The number of aliphatic imine (C=N–C) groups is 2. The Morgan fingerprint density at radius 2 is 1.31 bits per heavy atom. The first-order chi connectivity index (χ1) is 27.3. The number of rotatable bonds is 4. The molecule has 2 aliphatic heterocycles. The highest BCUT2D eigenvalue weighted by molar-refractivity contribution is 8.01. The van der Waals surface area contributed by atoms with E-state index < -0.39 is 0 Å². The van der Waals surface area contributed by atoms with Crippen molar-refractivity contribution in [3.05, 3.63) is 193 Å². The molecule has 0 bridgehead atoms. The zero-order valence-corrected chi connectivity index (χ0v) is 30.4. The Kier molecular flexibility index (Phi) is 6.65. The van der Waals surface area contributed by atoms with Gasteiger partial charge in [0.05, 0.1) is 28.0 Å². The van der Waals surface area contributed by atoms with Crippen molar-refractivity contribution in [3.8, 4) is 16.8 Å². The SMILES string of the molecule is c1ccc(C2=NC(c3cccc4oc5cc(-n6c7ccc(-c8ccccc8)cc7c7c8ccccc8ccc76)ccc5c34)=NC3c4ccccc4SC23)cc1. The average Bonchev–Trinajstić information content (AvgIpc) is 3.93. The van der Waals surface area contributed by atoms with Gasteiger partial charge < -0.3 is 8.98 Å². The second-order valence-corrected chi connectivity index (χ2v) is 15.6. The third-order valence-electron chi connectivity index (χ3n) is 11.3. The highest BCUT2D eigenvalue weighted by Gasteiger charge is 2.40. The monoisotopic (exact) mass is 721 g/mol. The molecule has 8 aromatic carbocycles. The topological polar surface area (TPSA) is 42.8 Å². The molecule has 12 rings (SSSR count). The molecule has 0 saturated carbocycles. The standard InChI is InChI=1S/C50H31N3OS/c1-3-12-30(13-4-1)33-23-26-40-39(28-33)45-35-17-8-7-14-31(35)22-27-41(45)53(40)34-24-25-36-43(29-34)54-42-20-11-19-38(46(36)42)50-51-47(32-15-5-2-6-16-32)49-48(52-50)37-18-9-10-21-44(37)55-49/h1-29,48-49H. The number of furan rings is 1. The quantitative estimate of drug-likeness (QED) is 0.182. The Bertz CT molecular complexity index is 3250. The molecule has 0 radical (unpaired) electrons. The lowest BCUT2D eigenvalue weighted by Crippen LogP contribution is -2.28. The largest absolute Gasteiger partial charge is 0.456 e. The molecule has 258 valence electrons. The molecule has 0 aliphatic carbocycles. The van der Waals surface area contributed by atoms with Crippen LogP contribution in [0.4, 0.5) is 0 Å². The molecule has 0 fully saturated rings. The number of nitrogens with zero attached hydrogens (tertiary/aromatic N) is 3. The third kappa shape index (κ3) is 4.66.